The first-order valence-electron chi connectivity index (χ1n) is 12.4. The molecule has 36 heavy (non-hydrogen) atoms. The zero-order chi connectivity index (χ0) is 27.6. The molecule has 2 aromatic carbocycles. The smallest absolute Gasteiger partial charge is 0.126 e. The summed E-state index contributed by atoms with van der Waals surface area (Å²) in [4.78, 5) is 0. The second kappa shape index (κ2) is 11.5. The maximum absolute atomic E-state index is 11.9. The van der Waals surface area contributed by atoms with Crippen molar-refractivity contribution in [1.29, 1.82) is 0 Å². The highest BCUT2D eigenvalue weighted by molar-refractivity contribution is 5.41. The van der Waals surface area contributed by atoms with Crippen molar-refractivity contribution in [2.75, 3.05) is 6.61 Å². The van der Waals surface area contributed by atoms with E-state index in [0.29, 0.717) is 11.1 Å². The average molecular weight is 501 g/mol. The van der Waals surface area contributed by atoms with Gasteiger partial charge in [0.2, 0.25) is 0 Å². The first-order chi connectivity index (χ1) is 16.6. The number of hydrogen-bond donors (Lipinski definition) is 6. The Morgan fingerprint density at radius 3 is 1.64 bits per heavy atom. The molecule has 0 radical (unpaired) electrons. The molecule has 0 fully saturated rings. The van der Waals surface area contributed by atoms with Crippen molar-refractivity contribution in [1.82, 2.24) is 0 Å². The summed E-state index contributed by atoms with van der Waals surface area (Å²) in [5.41, 5.74) is 3.80. The molecule has 6 nitrogen and oxygen atoms in total. The molecule has 200 valence electrons. The zero-order valence-electron chi connectivity index (χ0n) is 22.8. The van der Waals surface area contributed by atoms with Gasteiger partial charge in [-0.3, -0.25) is 0 Å². The fourth-order valence-electron chi connectivity index (χ4n) is 5.08. The summed E-state index contributed by atoms with van der Waals surface area (Å²) in [6.45, 7) is 16.5. The first-order valence-corrected chi connectivity index (χ1v) is 12.4. The normalized spacial score (nSPS) is 17.7. The summed E-state index contributed by atoms with van der Waals surface area (Å²) in [5, 5.41) is 66.5. The van der Waals surface area contributed by atoms with Gasteiger partial charge in [-0.15, -0.1) is 6.58 Å². The van der Waals surface area contributed by atoms with Crippen LogP contribution < -0.4 is 0 Å². The Hall–Kier alpha value is -2.06. The molecule has 0 spiro atoms. The summed E-state index contributed by atoms with van der Waals surface area (Å²) in [6.07, 6.45) is -5.85. The lowest BCUT2D eigenvalue weighted by Gasteiger charge is -2.46. The topological polar surface area (TPSA) is 121 Å². The molecule has 6 N–H and O–H groups in total. The van der Waals surface area contributed by atoms with E-state index in [1.807, 2.05) is 59.7 Å². The molecule has 0 aliphatic carbocycles. The van der Waals surface area contributed by atoms with Crippen LogP contribution in [0.5, 0.6) is 0 Å². The Labute approximate surface area is 215 Å². The average Bonchev–Trinajstić information content (AvgIpc) is 2.82. The summed E-state index contributed by atoms with van der Waals surface area (Å²) >= 11 is 0. The van der Waals surface area contributed by atoms with E-state index in [0.717, 1.165) is 38.9 Å². The summed E-state index contributed by atoms with van der Waals surface area (Å²) in [7, 11) is 0. The summed E-state index contributed by atoms with van der Waals surface area (Å²) in [6, 6.07) is 7.52. The Morgan fingerprint density at radius 1 is 0.778 bits per heavy atom. The molecule has 0 aliphatic rings. The fourth-order valence-corrected chi connectivity index (χ4v) is 5.08. The van der Waals surface area contributed by atoms with Crippen LogP contribution >= 0.6 is 0 Å². The van der Waals surface area contributed by atoms with E-state index < -0.39 is 36.1 Å². The van der Waals surface area contributed by atoms with Gasteiger partial charge >= 0.3 is 0 Å². The molecule has 0 aliphatic heterocycles. The van der Waals surface area contributed by atoms with Crippen LogP contribution in [0.4, 0.5) is 0 Å². The van der Waals surface area contributed by atoms with Crippen molar-refractivity contribution in [3.8, 4) is 0 Å². The number of aliphatic hydroxyl groups excluding tert-OH is 4. The van der Waals surface area contributed by atoms with Gasteiger partial charge in [-0.2, -0.15) is 0 Å². The Kier molecular flexibility index (Phi) is 9.68. The number of aryl methyl sites for hydroxylation is 2. The Balaban J connectivity index is 2.66. The highest BCUT2D eigenvalue weighted by atomic mass is 16.4. The molecule has 0 saturated heterocycles. The fraction of sp³-hybridized carbons (Fsp3) is 0.533. The van der Waals surface area contributed by atoms with E-state index in [2.05, 4.69) is 6.58 Å². The predicted octanol–water partition coefficient (Wildman–Crippen LogP) is 2.83. The SMILES string of the molecule is C=C(C)CC(O)(Cc1ccc(C)c(C)c1C)[C@@H](O)[C@@](O)(Cc1ccc(C)c(C)c1C)[C@H](O)[C@@H](O)CO. The molecular weight excluding hydrogens is 456 g/mol. The number of hydrogen-bond acceptors (Lipinski definition) is 6. The molecule has 6 heteroatoms. The molecule has 0 bridgehead atoms. The minimum Gasteiger partial charge on any atom is -0.394 e. The van der Waals surface area contributed by atoms with Gasteiger partial charge in [-0.25, -0.2) is 0 Å². The van der Waals surface area contributed by atoms with Crippen molar-refractivity contribution in [3.63, 3.8) is 0 Å². The quantitative estimate of drug-likeness (QED) is 0.264. The molecule has 2 rings (SSSR count). The van der Waals surface area contributed by atoms with Crippen molar-refractivity contribution in [2.45, 2.75) is 97.2 Å². The maximum Gasteiger partial charge on any atom is 0.126 e. The van der Waals surface area contributed by atoms with Gasteiger partial charge in [0.1, 0.15) is 29.5 Å². The highest BCUT2D eigenvalue weighted by Gasteiger charge is 2.54. The van der Waals surface area contributed by atoms with Gasteiger partial charge in [0.05, 0.1) is 6.61 Å². The van der Waals surface area contributed by atoms with Gasteiger partial charge in [0, 0.05) is 12.8 Å². The third-order valence-corrected chi connectivity index (χ3v) is 7.96. The number of benzene rings is 2. The molecule has 2 aromatic rings. The van der Waals surface area contributed by atoms with Crippen LogP contribution in [0.3, 0.4) is 0 Å². The molecular formula is C30H44O6. The zero-order valence-corrected chi connectivity index (χ0v) is 22.8. The predicted molar refractivity (Wildman–Crippen MR) is 143 cm³/mol. The van der Waals surface area contributed by atoms with Crippen LogP contribution in [-0.2, 0) is 12.8 Å². The van der Waals surface area contributed by atoms with Gasteiger partial charge in [-0.1, -0.05) is 29.8 Å². The lowest BCUT2D eigenvalue weighted by Crippen LogP contribution is -2.66. The molecule has 0 aromatic heterocycles. The van der Waals surface area contributed by atoms with Crippen LogP contribution in [0.1, 0.15) is 57.9 Å². The van der Waals surface area contributed by atoms with E-state index >= 15 is 0 Å². The molecule has 1 unspecified atom stereocenters. The van der Waals surface area contributed by atoms with E-state index in [1.54, 1.807) is 13.0 Å². The standard InChI is InChI=1S/C30H44O6/c1-17(2)13-29(35,14-24-11-9-18(3)20(5)22(24)7)28(34)30(36,27(33)26(32)16-31)15-25-12-10-19(4)21(6)23(25)8/h9-12,26-28,31-36H,1,13-16H2,2-8H3/t26-,27+,28+,29?,30+/m0/s1. The van der Waals surface area contributed by atoms with Crippen molar-refractivity contribution < 1.29 is 30.6 Å². The van der Waals surface area contributed by atoms with Crippen LogP contribution in [0.2, 0.25) is 0 Å². The monoisotopic (exact) mass is 500 g/mol. The van der Waals surface area contributed by atoms with Gasteiger partial charge in [0.15, 0.2) is 0 Å². The summed E-state index contributed by atoms with van der Waals surface area (Å²) in [5.74, 6) is 0. The van der Waals surface area contributed by atoms with E-state index in [-0.39, 0.29) is 19.3 Å². The van der Waals surface area contributed by atoms with Gasteiger partial charge in [-0.05, 0) is 99.4 Å². The minimum atomic E-state index is -2.38. The second-order valence-electron chi connectivity index (χ2n) is 10.8. The lowest BCUT2D eigenvalue weighted by molar-refractivity contribution is -0.228. The second-order valence-corrected chi connectivity index (χ2v) is 10.8. The van der Waals surface area contributed by atoms with Crippen molar-refractivity contribution in [3.05, 3.63) is 80.9 Å². The van der Waals surface area contributed by atoms with Crippen LogP contribution in [-0.4, -0.2) is 66.8 Å². The van der Waals surface area contributed by atoms with Crippen molar-refractivity contribution >= 4 is 0 Å². The molecule has 0 heterocycles. The summed E-state index contributed by atoms with van der Waals surface area (Å²) < 4.78 is 0. The maximum atomic E-state index is 11.9. The Bertz CT molecular complexity index is 1090. The number of aliphatic hydroxyl groups is 6. The Morgan fingerprint density at radius 2 is 1.22 bits per heavy atom. The molecule has 0 amide bonds. The van der Waals surface area contributed by atoms with Crippen LogP contribution in [0.25, 0.3) is 0 Å². The minimum absolute atomic E-state index is 0.00978. The van der Waals surface area contributed by atoms with Crippen molar-refractivity contribution in [2.24, 2.45) is 0 Å². The largest absolute Gasteiger partial charge is 0.394 e. The van der Waals surface area contributed by atoms with Crippen LogP contribution in [0.15, 0.2) is 36.4 Å². The molecule has 5 atom stereocenters. The van der Waals surface area contributed by atoms with E-state index in [9.17, 15) is 30.6 Å². The highest BCUT2D eigenvalue weighted by Crippen LogP contribution is 2.37. The van der Waals surface area contributed by atoms with E-state index in [1.165, 1.54) is 0 Å². The third-order valence-electron chi connectivity index (χ3n) is 7.96. The lowest BCUT2D eigenvalue weighted by atomic mass is 9.70. The van der Waals surface area contributed by atoms with E-state index in [4.69, 9.17) is 0 Å². The molecule has 0 saturated carbocycles. The third kappa shape index (κ3) is 6.08. The van der Waals surface area contributed by atoms with Gasteiger partial charge in [0.25, 0.3) is 0 Å². The van der Waals surface area contributed by atoms with Gasteiger partial charge < -0.3 is 30.6 Å². The number of rotatable bonds is 11. The van der Waals surface area contributed by atoms with Crippen LogP contribution in [0, 0.1) is 41.5 Å². The first kappa shape index (κ1) is 30.2.